The molecule has 0 spiro atoms. The Labute approximate surface area is 175 Å². The second kappa shape index (κ2) is 9.43. The van der Waals surface area contributed by atoms with Crippen LogP contribution in [-0.2, 0) is 22.4 Å². The van der Waals surface area contributed by atoms with Crippen LogP contribution in [-0.4, -0.2) is 52.2 Å². The number of fused-ring (bicyclic) bond motifs is 1. The summed E-state index contributed by atoms with van der Waals surface area (Å²) in [5.41, 5.74) is 2.41. The van der Waals surface area contributed by atoms with Gasteiger partial charge in [0.05, 0.1) is 5.92 Å². The molecule has 0 fully saturated rings. The molecule has 0 aromatic heterocycles. The maximum atomic E-state index is 13.3. The van der Waals surface area contributed by atoms with Crippen molar-refractivity contribution in [1.29, 1.82) is 0 Å². The van der Waals surface area contributed by atoms with Crippen LogP contribution < -0.4 is 4.90 Å². The average molecular weight is 410 g/mol. The summed E-state index contributed by atoms with van der Waals surface area (Å²) < 4.78 is 0. The van der Waals surface area contributed by atoms with Gasteiger partial charge in [-0.2, -0.15) is 0 Å². The van der Waals surface area contributed by atoms with Crippen molar-refractivity contribution in [2.24, 2.45) is 5.92 Å². The molecule has 0 saturated carbocycles. The summed E-state index contributed by atoms with van der Waals surface area (Å²) in [5.74, 6) is -2.78. The number of carbonyl (C=O) groups is 3. The van der Waals surface area contributed by atoms with Gasteiger partial charge in [0.1, 0.15) is 6.04 Å². The fourth-order valence-corrected chi connectivity index (χ4v) is 3.86. The molecular formula is C23H26N2O5. The lowest BCUT2D eigenvalue weighted by atomic mass is 9.99. The molecule has 1 aliphatic heterocycles. The minimum absolute atomic E-state index is 0.0303. The lowest BCUT2D eigenvalue weighted by molar-refractivity contribution is -0.142. The molecule has 0 radical (unpaired) electrons. The van der Waals surface area contributed by atoms with E-state index in [0.717, 1.165) is 11.1 Å². The van der Waals surface area contributed by atoms with Gasteiger partial charge in [0.2, 0.25) is 0 Å². The lowest BCUT2D eigenvalue weighted by Gasteiger charge is -2.31. The van der Waals surface area contributed by atoms with E-state index in [1.54, 1.807) is 19.1 Å². The van der Waals surface area contributed by atoms with E-state index in [4.69, 9.17) is 0 Å². The van der Waals surface area contributed by atoms with E-state index < -0.39 is 29.9 Å². The van der Waals surface area contributed by atoms with E-state index >= 15 is 0 Å². The van der Waals surface area contributed by atoms with Crippen LogP contribution in [0.1, 0.15) is 24.5 Å². The van der Waals surface area contributed by atoms with Gasteiger partial charge in [-0.15, -0.1) is 0 Å². The SMILES string of the molecule is CCN(C[C@H](CCc1ccccc1)C(=O)O)C(=O)N1c2ccccc2CC1C(=O)O. The van der Waals surface area contributed by atoms with Crippen molar-refractivity contribution in [1.82, 2.24) is 4.90 Å². The Bertz CT molecular complexity index is 915. The van der Waals surface area contributed by atoms with E-state index in [-0.39, 0.29) is 13.0 Å². The van der Waals surface area contributed by atoms with Crippen molar-refractivity contribution in [2.75, 3.05) is 18.0 Å². The fourth-order valence-electron chi connectivity index (χ4n) is 3.86. The Balaban J connectivity index is 1.76. The molecule has 2 amide bonds. The van der Waals surface area contributed by atoms with Crippen LogP contribution in [0.25, 0.3) is 0 Å². The van der Waals surface area contributed by atoms with Crippen molar-refractivity contribution >= 4 is 23.7 Å². The third-order valence-electron chi connectivity index (χ3n) is 5.53. The zero-order valence-electron chi connectivity index (χ0n) is 16.9. The van der Waals surface area contributed by atoms with Crippen molar-refractivity contribution < 1.29 is 24.6 Å². The van der Waals surface area contributed by atoms with Crippen molar-refractivity contribution in [3.8, 4) is 0 Å². The number of aryl methyl sites for hydroxylation is 1. The summed E-state index contributed by atoms with van der Waals surface area (Å²) in [4.78, 5) is 39.6. The minimum atomic E-state index is -1.07. The van der Waals surface area contributed by atoms with Gasteiger partial charge in [0, 0.05) is 25.2 Å². The van der Waals surface area contributed by atoms with E-state index in [0.29, 0.717) is 25.1 Å². The van der Waals surface area contributed by atoms with Crippen LogP contribution in [0.5, 0.6) is 0 Å². The van der Waals surface area contributed by atoms with E-state index in [2.05, 4.69) is 0 Å². The highest BCUT2D eigenvalue weighted by Crippen LogP contribution is 2.33. The maximum Gasteiger partial charge on any atom is 0.327 e. The van der Waals surface area contributed by atoms with Gasteiger partial charge < -0.3 is 15.1 Å². The number of benzene rings is 2. The van der Waals surface area contributed by atoms with Gasteiger partial charge in [-0.3, -0.25) is 9.69 Å². The van der Waals surface area contributed by atoms with Gasteiger partial charge in [-0.05, 0) is 37.0 Å². The molecule has 0 bridgehead atoms. The topological polar surface area (TPSA) is 98.2 Å². The van der Waals surface area contributed by atoms with Gasteiger partial charge in [-0.1, -0.05) is 48.5 Å². The predicted octanol–water partition coefficient (Wildman–Crippen LogP) is 3.28. The molecular weight excluding hydrogens is 384 g/mol. The van der Waals surface area contributed by atoms with E-state index in [1.165, 1.54) is 9.80 Å². The van der Waals surface area contributed by atoms with Crippen molar-refractivity contribution in [3.63, 3.8) is 0 Å². The van der Waals surface area contributed by atoms with Crippen LogP contribution in [0.4, 0.5) is 10.5 Å². The third kappa shape index (κ3) is 4.62. The summed E-state index contributed by atoms with van der Waals surface area (Å²) >= 11 is 0. The van der Waals surface area contributed by atoms with Crippen LogP contribution in [0.2, 0.25) is 0 Å². The molecule has 0 aliphatic carbocycles. The molecule has 30 heavy (non-hydrogen) atoms. The number of hydrogen-bond acceptors (Lipinski definition) is 3. The van der Waals surface area contributed by atoms with Gasteiger partial charge >= 0.3 is 18.0 Å². The molecule has 0 saturated heterocycles. The smallest absolute Gasteiger partial charge is 0.327 e. The number of urea groups is 1. The Hall–Kier alpha value is -3.35. The second-order valence-electron chi connectivity index (χ2n) is 7.44. The quantitative estimate of drug-likeness (QED) is 0.696. The largest absolute Gasteiger partial charge is 0.481 e. The molecule has 3 rings (SSSR count). The number of nitrogens with zero attached hydrogens (tertiary/aromatic N) is 2. The number of carboxylic acid groups (broad SMARTS) is 2. The number of aliphatic carboxylic acids is 2. The third-order valence-corrected chi connectivity index (χ3v) is 5.53. The monoisotopic (exact) mass is 410 g/mol. The molecule has 7 nitrogen and oxygen atoms in total. The Morgan fingerprint density at radius 2 is 1.73 bits per heavy atom. The van der Waals surface area contributed by atoms with Crippen molar-refractivity contribution in [2.45, 2.75) is 32.2 Å². The van der Waals surface area contributed by atoms with Crippen LogP contribution in [0.15, 0.2) is 54.6 Å². The second-order valence-corrected chi connectivity index (χ2v) is 7.44. The van der Waals surface area contributed by atoms with Crippen LogP contribution in [0.3, 0.4) is 0 Å². The first-order valence-electron chi connectivity index (χ1n) is 10.1. The normalized spacial score (nSPS) is 16.0. The lowest BCUT2D eigenvalue weighted by Crippen LogP contribution is -2.51. The minimum Gasteiger partial charge on any atom is -0.481 e. The molecule has 2 aromatic rings. The van der Waals surface area contributed by atoms with Gasteiger partial charge in [0.25, 0.3) is 0 Å². The zero-order chi connectivity index (χ0) is 21.7. The van der Waals surface area contributed by atoms with Gasteiger partial charge in [-0.25, -0.2) is 9.59 Å². The highest BCUT2D eigenvalue weighted by atomic mass is 16.4. The Morgan fingerprint density at radius 3 is 2.37 bits per heavy atom. The number of para-hydroxylation sites is 1. The molecule has 1 aliphatic rings. The molecule has 7 heteroatoms. The highest BCUT2D eigenvalue weighted by Gasteiger charge is 2.40. The molecule has 158 valence electrons. The first kappa shape index (κ1) is 21.4. The Kier molecular flexibility index (Phi) is 6.72. The summed E-state index contributed by atoms with van der Waals surface area (Å²) in [7, 11) is 0. The molecule has 1 heterocycles. The average Bonchev–Trinajstić information content (AvgIpc) is 3.14. The predicted molar refractivity (Wildman–Crippen MR) is 113 cm³/mol. The van der Waals surface area contributed by atoms with E-state index in [9.17, 15) is 24.6 Å². The standard InChI is InChI=1S/C23H26N2O5/c1-2-24(15-18(21(26)27)13-12-16-8-4-3-5-9-16)23(30)25-19-11-7-6-10-17(19)14-20(25)22(28)29/h3-11,18,20H,2,12-15H2,1H3,(H,26,27)(H,28,29)/t18-,20?/m0/s1. The summed E-state index contributed by atoms with van der Waals surface area (Å²) in [6, 6.07) is 15.3. The molecule has 2 atom stereocenters. The number of carboxylic acids is 2. The maximum absolute atomic E-state index is 13.3. The zero-order valence-corrected chi connectivity index (χ0v) is 16.9. The fraction of sp³-hybridized carbons (Fsp3) is 0.348. The molecule has 2 aromatic carbocycles. The van der Waals surface area contributed by atoms with Gasteiger partial charge in [0.15, 0.2) is 0 Å². The summed E-state index contributed by atoms with van der Waals surface area (Å²) in [5, 5.41) is 19.3. The first-order chi connectivity index (χ1) is 14.4. The van der Waals surface area contributed by atoms with E-state index in [1.807, 2.05) is 42.5 Å². The summed E-state index contributed by atoms with van der Waals surface area (Å²) in [6.45, 7) is 2.09. The number of hydrogen-bond donors (Lipinski definition) is 2. The first-order valence-corrected chi connectivity index (χ1v) is 10.1. The number of amides is 2. The molecule has 2 N–H and O–H groups in total. The highest BCUT2D eigenvalue weighted by molar-refractivity contribution is 6.01. The summed E-state index contributed by atoms with van der Waals surface area (Å²) in [6.07, 6.45) is 1.22. The van der Waals surface area contributed by atoms with Crippen molar-refractivity contribution in [3.05, 3.63) is 65.7 Å². The number of rotatable bonds is 8. The number of anilines is 1. The molecule has 1 unspecified atom stereocenters. The van der Waals surface area contributed by atoms with Crippen LogP contribution >= 0.6 is 0 Å². The number of carbonyl (C=O) groups excluding carboxylic acids is 1. The van der Waals surface area contributed by atoms with Crippen LogP contribution in [0, 0.1) is 5.92 Å². The Morgan fingerprint density at radius 1 is 1.07 bits per heavy atom.